The number of aliphatic imine (C=N–C) groups is 1. The average Bonchev–Trinajstić information content (AvgIpc) is 3.05. The van der Waals surface area contributed by atoms with E-state index in [1.165, 1.54) is 30.2 Å². The number of oxime groups is 1. The van der Waals surface area contributed by atoms with Gasteiger partial charge >= 0.3 is 6.18 Å². The van der Waals surface area contributed by atoms with E-state index in [4.69, 9.17) is 9.57 Å². The van der Waals surface area contributed by atoms with E-state index in [-0.39, 0.29) is 30.2 Å². The van der Waals surface area contributed by atoms with Gasteiger partial charge in [-0.2, -0.15) is 13.2 Å². The first-order valence-corrected chi connectivity index (χ1v) is 10.3. The number of Topliss-reactive ketones (excluding diaryl/α,β-unsaturated/α-hetero) is 1. The van der Waals surface area contributed by atoms with Crippen LogP contribution in [0.15, 0.2) is 52.6 Å². The van der Waals surface area contributed by atoms with Crippen LogP contribution in [-0.4, -0.2) is 62.5 Å². The summed E-state index contributed by atoms with van der Waals surface area (Å²) in [5.41, 5.74) is 0.435. The lowest BCUT2D eigenvalue weighted by Crippen LogP contribution is -2.36. The fourth-order valence-corrected chi connectivity index (χ4v) is 3.11. The molecule has 0 aliphatic carbocycles. The van der Waals surface area contributed by atoms with E-state index in [2.05, 4.69) is 10.1 Å². The molecule has 1 amide bonds. The molecule has 1 aliphatic rings. The number of fused-ring (bicyclic) bond motifs is 1. The zero-order valence-electron chi connectivity index (χ0n) is 18.8. The van der Waals surface area contributed by atoms with Crippen LogP contribution in [0.4, 0.5) is 24.5 Å². The monoisotopic (exact) mass is 476 g/mol. The van der Waals surface area contributed by atoms with Crippen LogP contribution < -0.4 is 9.64 Å². The van der Waals surface area contributed by atoms with Gasteiger partial charge in [0.2, 0.25) is 0 Å². The standard InChI is InChI=1S/C23H23F3N4O4/c1-4-29(2)14-27-16-8-9-20-19(11-16)21(31)22(32)30(20)12-17(28-33-3)13-34-18-7-5-6-15(10-18)23(24,25)26/h5-11,14H,4,12-13H2,1-3H3/b27-14?,28-17-. The lowest BCUT2D eigenvalue weighted by molar-refractivity contribution is -0.137. The first kappa shape index (κ1) is 24.7. The summed E-state index contributed by atoms with van der Waals surface area (Å²) in [5, 5.41) is 3.82. The Morgan fingerprint density at radius 3 is 2.62 bits per heavy atom. The number of anilines is 1. The number of carbonyl (C=O) groups excluding carboxylic acids is 2. The van der Waals surface area contributed by atoms with E-state index < -0.39 is 23.4 Å². The predicted octanol–water partition coefficient (Wildman–Crippen LogP) is 3.93. The third-order valence-electron chi connectivity index (χ3n) is 4.99. The van der Waals surface area contributed by atoms with Gasteiger partial charge in [0, 0.05) is 13.6 Å². The normalized spacial score (nSPS) is 14.1. The van der Waals surface area contributed by atoms with Crippen molar-refractivity contribution in [2.24, 2.45) is 10.1 Å². The third kappa shape index (κ3) is 5.72. The number of ether oxygens (including phenoxy) is 1. The zero-order chi connectivity index (χ0) is 24.9. The second-order valence-corrected chi connectivity index (χ2v) is 7.39. The van der Waals surface area contributed by atoms with E-state index in [1.807, 2.05) is 18.9 Å². The molecule has 0 saturated carbocycles. The minimum Gasteiger partial charge on any atom is -0.487 e. The summed E-state index contributed by atoms with van der Waals surface area (Å²) in [7, 11) is 3.14. The zero-order valence-corrected chi connectivity index (χ0v) is 18.8. The molecule has 0 fully saturated rings. The van der Waals surface area contributed by atoms with E-state index in [9.17, 15) is 22.8 Å². The molecule has 2 aromatic rings. The largest absolute Gasteiger partial charge is 0.487 e. The Balaban J connectivity index is 1.77. The lowest BCUT2D eigenvalue weighted by Gasteiger charge is -2.18. The highest BCUT2D eigenvalue weighted by atomic mass is 19.4. The summed E-state index contributed by atoms with van der Waals surface area (Å²) in [6.45, 7) is 2.31. The Labute approximate surface area is 194 Å². The number of hydrogen-bond donors (Lipinski definition) is 0. The van der Waals surface area contributed by atoms with E-state index in [1.54, 1.807) is 18.5 Å². The van der Waals surface area contributed by atoms with Crippen molar-refractivity contribution in [3.63, 3.8) is 0 Å². The van der Waals surface area contributed by atoms with Crippen molar-refractivity contribution in [3.8, 4) is 5.75 Å². The van der Waals surface area contributed by atoms with Crippen molar-refractivity contribution in [1.29, 1.82) is 0 Å². The van der Waals surface area contributed by atoms with Crippen molar-refractivity contribution in [2.75, 3.05) is 38.8 Å². The average molecular weight is 476 g/mol. The van der Waals surface area contributed by atoms with Gasteiger partial charge in [-0.05, 0) is 43.3 Å². The minimum absolute atomic E-state index is 0.0256. The van der Waals surface area contributed by atoms with Crippen molar-refractivity contribution in [1.82, 2.24) is 4.90 Å². The molecule has 0 atom stereocenters. The van der Waals surface area contributed by atoms with E-state index in [0.717, 1.165) is 18.7 Å². The maximum Gasteiger partial charge on any atom is 0.416 e. The fourth-order valence-electron chi connectivity index (χ4n) is 3.11. The lowest BCUT2D eigenvalue weighted by atomic mass is 10.1. The van der Waals surface area contributed by atoms with Gasteiger partial charge in [-0.15, -0.1) is 0 Å². The number of benzene rings is 2. The van der Waals surface area contributed by atoms with Gasteiger partial charge in [0.05, 0.1) is 35.4 Å². The molecule has 0 spiro atoms. The summed E-state index contributed by atoms with van der Waals surface area (Å²) in [6, 6.07) is 9.20. The summed E-state index contributed by atoms with van der Waals surface area (Å²) >= 11 is 0. The maximum atomic E-state index is 12.9. The van der Waals surface area contributed by atoms with Crippen LogP contribution in [-0.2, 0) is 15.8 Å². The summed E-state index contributed by atoms with van der Waals surface area (Å²) in [5.74, 6) is -1.47. The molecule has 0 radical (unpaired) electrons. The molecule has 1 heterocycles. The smallest absolute Gasteiger partial charge is 0.416 e. The van der Waals surface area contributed by atoms with Crippen LogP contribution in [0.1, 0.15) is 22.8 Å². The molecule has 0 aromatic heterocycles. The Morgan fingerprint density at radius 1 is 1.18 bits per heavy atom. The molecular formula is C23H23F3N4O4. The molecule has 0 bridgehead atoms. The van der Waals surface area contributed by atoms with Gasteiger partial charge in [0.15, 0.2) is 0 Å². The van der Waals surface area contributed by atoms with Gasteiger partial charge < -0.3 is 14.5 Å². The van der Waals surface area contributed by atoms with Crippen LogP contribution in [0.5, 0.6) is 5.75 Å². The first-order chi connectivity index (χ1) is 16.1. The molecule has 3 rings (SSSR count). The molecule has 0 unspecified atom stereocenters. The number of rotatable bonds is 9. The van der Waals surface area contributed by atoms with Crippen molar-refractivity contribution in [3.05, 3.63) is 53.6 Å². The Hall–Kier alpha value is -3.89. The SMILES string of the molecule is CCN(C)C=Nc1ccc2c(c1)C(=O)C(=O)N2C/C(COc1cccc(C(F)(F)F)c1)=N/OC. The van der Waals surface area contributed by atoms with E-state index >= 15 is 0 Å². The molecule has 0 saturated heterocycles. The minimum atomic E-state index is -4.51. The van der Waals surface area contributed by atoms with Gasteiger partial charge in [0.1, 0.15) is 25.2 Å². The highest BCUT2D eigenvalue weighted by Gasteiger charge is 2.37. The Morgan fingerprint density at radius 2 is 1.94 bits per heavy atom. The molecule has 2 aromatic carbocycles. The molecule has 11 heteroatoms. The van der Waals surface area contributed by atoms with Crippen LogP contribution in [0.25, 0.3) is 0 Å². The van der Waals surface area contributed by atoms with Gasteiger partial charge in [-0.1, -0.05) is 11.2 Å². The van der Waals surface area contributed by atoms with Crippen LogP contribution in [0, 0.1) is 0 Å². The van der Waals surface area contributed by atoms with Gasteiger partial charge in [-0.3, -0.25) is 14.5 Å². The second-order valence-electron chi connectivity index (χ2n) is 7.39. The number of alkyl halides is 3. The van der Waals surface area contributed by atoms with Crippen LogP contribution >= 0.6 is 0 Å². The van der Waals surface area contributed by atoms with Gasteiger partial charge in [-0.25, -0.2) is 4.99 Å². The summed E-state index contributed by atoms with van der Waals surface area (Å²) < 4.78 is 44.2. The number of hydrogen-bond acceptors (Lipinski definition) is 6. The highest BCUT2D eigenvalue weighted by molar-refractivity contribution is 6.52. The molecule has 8 nitrogen and oxygen atoms in total. The Kier molecular flexibility index (Phi) is 7.54. The van der Waals surface area contributed by atoms with Crippen molar-refractivity contribution in [2.45, 2.75) is 13.1 Å². The topological polar surface area (TPSA) is 83.8 Å². The number of amides is 1. The number of halogens is 3. The number of carbonyl (C=O) groups is 2. The number of ketones is 1. The van der Waals surface area contributed by atoms with Crippen LogP contribution in [0.2, 0.25) is 0 Å². The maximum absolute atomic E-state index is 12.9. The predicted molar refractivity (Wildman–Crippen MR) is 121 cm³/mol. The Bertz CT molecular complexity index is 1130. The quantitative estimate of drug-likeness (QED) is 0.237. The number of nitrogens with zero attached hydrogens (tertiary/aromatic N) is 4. The van der Waals surface area contributed by atoms with Crippen molar-refractivity contribution < 1.29 is 32.3 Å². The van der Waals surface area contributed by atoms with Crippen molar-refractivity contribution >= 4 is 35.1 Å². The first-order valence-electron chi connectivity index (χ1n) is 10.3. The third-order valence-corrected chi connectivity index (χ3v) is 4.99. The molecular weight excluding hydrogens is 453 g/mol. The summed E-state index contributed by atoms with van der Waals surface area (Å²) in [6.07, 6.45) is -2.89. The molecule has 34 heavy (non-hydrogen) atoms. The molecule has 1 aliphatic heterocycles. The molecule has 0 N–H and O–H groups in total. The second kappa shape index (κ2) is 10.4. The van der Waals surface area contributed by atoms with E-state index in [0.29, 0.717) is 11.4 Å². The van der Waals surface area contributed by atoms with Gasteiger partial charge in [0.25, 0.3) is 11.7 Å². The highest BCUT2D eigenvalue weighted by Crippen LogP contribution is 2.33. The molecule has 180 valence electrons. The fraction of sp³-hybridized carbons (Fsp3) is 0.304. The van der Waals surface area contributed by atoms with Crippen LogP contribution in [0.3, 0.4) is 0 Å². The summed E-state index contributed by atoms with van der Waals surface area (Å²) in [4.78, 5) is 37.3.